The van der Waals surface area contributed by atoms with Gasteiger partial charge in [0.25, 0.3) is 11.8 Å². The summed E-state index contributed by atoms with van der Waals surface area (Å²) >= 11 is 0. The van der Waals surface area contributed by atoms with Gasteiger partial charge in [-0.15, -0.1) is 0 Å². The summed E-state index contributed by atoms with van der Waals surface area (Å²) in [6, 6.07) is 17.7. The topological polar surface area (TPSA) is 103 Å². The van der Waals surface area contributed by atoms with Crippen molar-refractivity contribution in [2.45, 2.75) is 13.3 Å². The monoisotopic (exact) mass is 574 g/mol. The predicted molar refractivity (Wildman–Crippen MR) is 155 cm³/mol. The lowest BCUT2D eigenvalue weighted by atomic mass is 10.0. The summed E-state index contributed by atoms with van der Waals surface area (Å²) in [7, 11) is 4.40. The standard InChI is InChI=1S/C32H31FN2O7/c1-20-30(32(38)41-4)26(31(37)35(20)16-15-22-7-14-27(39-2)28(18-22)40-3)17-21-5-12-25(13-6-21)42-19-29(36)34-24-10-8-23(33)9-11-24/h5-14,17-18H,15-16,19H2,1-4H3,(H,34,36)/b26-17-. The fraction of sp³-hybridized carbons (Fsp3) is 0.219. The van der Waals surface area contributed by atoms with Gasteiger partial charge in [0, 0.05) is 17.9 Å². The van der Waals surface area contributed by atoms with Crippen molar-refractivity contribution in [3.63, 3.8) is 0 Å². The molecule has 0 aliphatic carbocycles. The third kappa shape index (κ3) is 6.95. The molecule has 0 bridgehead atoms. The molecule has 4 rings (SSSR count). The number of carbonyl (C=O) groups excluding carboxylic acids is 3. The number of hydrogen-bond donors (Lipinski definition) is 1. The number of allylic oxidation sites excluding steroid dienone is 1. The largest absolute Gasteiger partial charge is 0.493 e. The van der Waals surface area contributed by atoms with Crippen LogP contribution in [0.2, 0.25) is 0 Å². The summed E-state index contributed by atoms with van der Waals surface area (Å²) in [5, 5.41) is 2.62. The number of nitrogens with one attached hydrogen (secondary N) is 1. The number of nitrogens with zero attached hydrogens (tertiary/aromatic N) is 1. The number of halogens is 1. The summed E-state index contributed by atoms with van der Waals surface area (Å²) in [6.07, 6.45) is 2.14. The summed E-state index contributed by atoms with van der Waals surface area (Å²) in [4.78, 5) is 39.9. The molecular weight excluding hydrogens is 543 g/mol. The Morgan fingerprint density at radius 1 is 0.929 bits per heavy atom. The zero-order valence-electron chi connectivity index (χ0n) is 23.7. The van der Waals surface area contributed by atoms with Crippen LogP contribution in [0.1, 0.15) is 18.1 Å². The minimum atomic E-state index is -0.604. The zero-order valence-corrected chi connectivity index (χ0v) is 23.7. The van der Waals surface area contributed by atoms with Crippen LogP contribution in [0, 0.1) is 5.82 Å². The molecule has 218 valence electrons. The molecule has 9 nitrogen and oxygen atoms in total. The highest BCUT2D eigenvalue weighted by Gasteiger charge is 2.36. The number of methoxy groups -OCH3 is 3. The van der Waals surface area contributed by atoms with Crippen LogP contribution in [0.3, 0.4) is 0 Å². The van der Waals surface area contributed by atoms with Crippen molar-refractivity contribution in [1.82, 2.24) is 4.90 Å². The molecule has 3 aromatic rings. The van der Waals surface area contributed by atoms with Crippen molar-refractivity contribution in [2.24, 2.45) is 0 Å². The van der Waals surface area contributed by atoms with Crippen LogP contribution in [0.15, 0.2) is 83.6 Å². The second kappa shape index (κ2) is 13.5. The fourth-order valence-corrected chi connectivity index (χ4v) is 4.48. The summed E-state index contributed by atoms with van der Waals surface area (Å²) in [5.74, 6) is -0.0880. The molecule has 10 heteroatoms. The van der Waals surface area contributed by atoms with Gasteiger partial charge in [-0.3, -0.25) is 9.59 Å². The van der Waals surface area contributed by atoms with Crippen LogP contribution in [-0.2, 0) is 25.5 Å². The van der Waals surface area contributed by atoms with Gasteiger partial charge in [-0.25, -0.2) is 9.18 Å². The van der Waals surface area contributed by atoms with Gasteiger partial charge in [0.15, 0.2) is 18.1 Å². The van der Waals surface area contributed by atoms with Crippen LogP contribution >= 0.6 is 0 Å². The third-order valence-corrected chi connectivity index (χ3v) is 6.66. The molecule has 0 radical (unpaired) electrons. The number of ether oxygens (including phenoxy) is 4. The van der Waals surface area contributed by atoms with E-state index in [-0.39, 0.29) is 23.7 Å². The van der Waals surface area contributed by atoms with Crippen molar-refractivity contribution in [3.05, 3.63) is 101 Å². The lowest BCUT2D eigenvalue weighted by Crippen LogP contribution is -2.27. The van der Waals surface area contributed by atoms with E-state index in [0.29, 0.717) is 47.2 Å². The molecule has 2 amide bonds. The Bertz CT molecular complexity index is 1530. The minimum absolute atomic E-state index is 0.201. The molecule has 1 aliphatic rings. The molecule has 1 aliphatic heterocycles. The number of anilines is 1. The number of esters is 1. The Kier molecular flexibility index (Phi) is 9.59. The first kappa shape index (κ1) is 29.9. The average Bonchev–Trinajstić information content (AvgIpc) is 3.23. The predicted octanol–water partition coefficient (Wildman–Crippen LogP) is 4.78. The van der Waals surface area contributed by atoms with Crippen LogP contribution in [-0.4, -0.2) is 57.2 Å². The Balaban J connectivity index is 1.45. The van der Waals surface area contributed by atoms with E-state index in [1.165, 1.54) is 31.4 Å². The molecule has 0 spiro atoms. The maximum absolute atomic E-state index is 13.5. The highest BCUT2D eigenvalue weighted by atomic mass is 19.1. The summed E-state index contributed by atoms with van der Waals surface area (Å²) < 4.78 is 34.2. The highest BCUT2D eigenvalue weighted by Crippen LogP contribution is 2.33. The Morgan fingerprint density at radius 2 is 1.62 bits per heavy atom. The number of carbonyl (C=O) groups is 3. The van der Waals surface area contributed by atoms with Crippen LogP contribution < -0.4 is 19.5 Å². The van der Waals surface area contributed by atoms with E-state index in [1.807, 2.05) is 12.1 Å². The first-order valence-corrected chi connectivity index (χ1v) is 13.1. The van der Waals surface area contributed by atoms with E-state index in [9.17, 15) is 18.8 Å². The maximum atomic E-state index is 13.5. The Labute approximate surface area is 243 Å². The third-order valence-electron chi connectivity index (χ3n) is 6.66. The van der Waals surface area contributed by atoms with Crippen LogP contribution in [0.5, 0.6) is 17.2 Å². The van der Waals surface area contributed by atoms with E-state index < -0.39 is 17.7 Å². The van der Waals surface area contributed by atoms with Crippen molar-refractivity contribution >= 4 is 29.5 Å². The summed E-state index contributed by atoms with van der Waals surface area (Å²) in [6.45, 7) is 1.80. The first-order chi connectivity index (χ1) is 20.2. The minimum Gasteiger partial charge on any atom is -0.493 e. The van der Waals surface area contributed by atoms with Crippen LogP contribution in [0.25, 0.3) is 6.08 Å². The van der Waals surface area contributed by atoms with Gasteiger partial charge in [-0.1, -0.05) is 18.2 Å². The lowest BCUT2D eigenvalue weighted by molar-refractivity contribution is -0.136. The number of hydrogen-bond acceptors (Lipinski definition) is 7. The molecule has 1 heterocycles. The maximum Gasteiger partial charge on any atom is 0.340 e. The van der Waals surface area contributed by atoms with E-state index in [1.54, 1.807) is 62.5 Å². The molecule has 3 aromatic carbocycles. The molecule has 42 heavy (non-hydrogen) atoms. The van der Waals surface area contributed by atoms with Gasteiger partial charge in [-0.05, 0) is 79.1 Å². The lowest BCUT2D eigenvalue weighted by Gasteiger charge is -2.18. The van der Waals surface area contributed by atoms with Crippen LogP contribution in [0.4, 0.5) is 10.1 Å². The molecule has 0 aromatic heterocycles. The zero-order chi connectivity index (χ0) is 30.2. The number of amides is 2. The second-order valence-electron chi connectivity index (χ2n) is 9.32. The van der Waals surface area contributed by atoms with E-state index in [2.05, 4.69) is 5.32 Å². The molecule has 0 atom stereocenters. The molecular formula is C32H31FN2O7. The van der Waals surface area contributed by atoms with Gasteiger partial charge >= 0.3 is 5.97 Å². The van der Waals surface area contributed by atoms with E-state index in [4.69, 9.17) is 18.9 Å². The van der Waals surface area contributed by atoms with Gasteiger partial charge < -0.3 is 29.2 Å². The van der Waals surface area contributed by atoms with Crippen molar-refractivity contribution < 1.29 is 37.7 Å². The first-order valence-electron chi connectivity index (χ1n) is 13.1. The average molecular weight is 575 g/mol. The van der Waals surface area contributed by atoms with Crippen molar-refractivity contribution in [1.29, 1.82) is 0 Å². The van der Waals surface area contributed by atoms with E-state index >= 15 is 0 Å². The number of benzene rings is 3. The molecule has 0 fully saturated rings. The highest BCUT2D eigenvalue weighted by molar-refractivity contribution is 6.16. The normalized spacial score (nSPS) is 13.8. The molecule has 1 N–H and O–H groups in total. The Hall–Kier alpha value is -5.12. The fourth-order valence-electron chi connectivity index (χ4n) is 4.48. The Morgan fingerprint density at radius 3 is 2.26 bits per heavy atom. The molecule has 0 saturated heterocycles. The van der Waals surface area contributed by atoms with Crippen molar-refractivity contribution in [2.75, 3.05) is 39.8 Å². The van der Waals surface area contributed by atoms with Gasteiger partial charge in [-0.2, -0.15) is 0 Å². The molecule has 0 saturated carbocycles. The second-order valence-corrected chi connectivity index (χ2v) is 9.32. The van der Waals surface area contributed by atoms with Gasteiger partial charge in [0.2, 0.25) is 0 Å². The summed E-state index contributed by atoms with van der Waals surface area (Å²) in [5.41, 5.74) is 2.97. The smallest absolute Gasteiger partial charge is 0.340 e. The van der Waals surface area contributed by atoms with Gasteiger partial charge in [0.05, 0.1) is 32.5 Å². The van der Waals surface area contributed by atoms with Crippen molar-refractivity contribution in [3.8, 4) is 17.2 Å². The van der Waals surface area contributed by atoms with Gasteiger partial charge in [0.1, 0.15) is 11.6 Å². The molecule has 0 unspecified atom stereocenters. The van der Waals surface area contributed by atoms with E-state index in [0.717, 1.165) is 5.56 Å². The number of rotatable bonds is 11. The SMILES string of the molecule is COC(=O)C1=C(C)N(CCc2ccc(OC)c(OC)c2)C(=O)/C1=C\c1ccc(OCC(=O)Nc2ccc(F)cc2)cc1. The quantitative estimate of drug-likeness (QED) is 0.260.